The van der Waals surface area contributed by atoms with Gasteiger partial charge in [0, 0.05) is 5.56 Å². The van der Waals surface area contributed by atoms with Crippen LogP contribution in [0.15, 0.2) is 60.0 Å². The first kappa shape index (κ1) is 18.5. The first-order valence-corrected chi connectivity index (χ1v) is 9.02. The van der Waals surface area contributed by atoms with Crippen LogP contribution in [0.4, 0.5) is 0 Å². The van der Waals surface area contributed by atoms with Gasteiger partial charge in [-0.15, -0.1) is 0 Å². The molecule has 1 aliphatic rings. The van der Waals surface area contributed by atoms with E-state index in [1.807, 2.05) is 48.5 Å². The number of hydrogen-bond acceptors (Lipinski definition) is 6. The lowest BCUT2D eigenvalue weighted by atomic mass is 9.81. The van der Waals surface area contributed by atoms with Gasteiger partial charge in [0.25, 0.3) is 0 Å². The van der Waals surface area contributed by atoms with E-state index in [2.05, 4.69) is 6.07 Å². The van der Waals surface area contributed by atoms with Crippen LogP contribution in [-0.2, 0) is 0 Å². The van der Waals surface area contributed by atoms with Gasteiger partial charge in [0.2, 0.25) is 11.6 Å². The molecule has 0 saturated heterocycles. The van der Waals surface area contributed by atoms with E-state index >= 15 is 0 Å². The molecule has 2 N–H and O–H groups in total. The van der Waals surface area contributed by atoms with Crippen LogP contribution in [0.1, 0.15) is 17.0 Å². The van der Waals surface area contributed by atoms with Crippen molar-refractivity contribution >= 4 is 10.8 Å². The van der Waals surface area contributed by atoms with Crippen molar-refractivity contribution in [2.24, 2.45) is 5.73 Å². The lowest BCUT2D eigenvalue weighted by molar-refractivity contribution is 0.323. The zero-order valence-corrected chi connectivity index (χ0v) is 16.4. The van der Waals surface area contributed by atoms with Crippen molar-refractivity contribution in [1.82, 2.24) is 0 Å². The molecule has 0 aromatic heterocycles. The summed E-state index contributed by atoms with van der Waals surface area (Å²) in [7, 11) is 4.67. The SMILES string of the molecule is COc1cc([C@@H]2C(C#N)=C(N)Oc3ccc4ccccc4c32)cc(OC)c1OC. The lowest BCUT2D eigenvalue weighted by Gasteiger charge is -2.28. The Bertz CT molecular complexity index is 1150. The number of hydrogen-bond donors (Lipinski definition) is 1. The van der Waals surface area contributed by atoms with Crippen molar-refractivity contribution in [2.75, 3.05) is 21.3 Å². The van der Waals surface area contributed by atoms with Gasteiger partial charge in [-0.1, -0.05) is 30.3 Å². The monoisotopic (exact) mass is 388 g/mol. The Morgan fingerprint density at radius 3 is 2.28 bits per heavy atom. The predicted octanol–water partition coefficient (Wildman–Crippen LogP) is 4.08. The molecule has 146 valence electrons. The van der Waals surface area contributed by atoms with E-state index in [0.29, 0.717) is 28.6 Å². The normalized spacial score (nSPS) is 15.3. The molecule has 4 rings (SSSR count). The molecule has 1 heterocycles. The van der Waals surface area contributed by atoms with Crippen LogP contribution in [0.5, 0.6) is 23.0 Å². The average molecular weight is 388 g/mol. The minimum Gasteiger partial charge on any atom is -0.493 e. The summed E-state index contributed by atoms with van der Waals surface area (Å²) in [4.78, 5) is 0. The summed E-state index contributed by atoms with van der Waals surface area (Å²) in [6, 6.07) is 17.7. The minimum atomic E-state index is -0.441. The van der Waals surface area contributed by atoms with Crippen molar-refractivity contribution in [3.8, 4) is 29.1 Å². The second-order valence-electron chi connectivity index (χ2n) is 6.58. The van der Waals surface area contributed by atoms with Crippen molar-refractivity contribution in [1.29, 1.82) is 5.26 Å². The number of allylic oxidation sites excluding steroid dienone is 1. The van der Waals surface area contributed by atoms with Gasteiger partial charge >= 0.3 is 0 Å². The lowest BCUT2D eigenvalue weighted by Crippen LogP contribution is -2.21. The van der Waals surface area contributed by atoms with Crippen LogP contribution in [0.25, 0.3) is 10.8 Å². The highest BCUT2D eigenvalue weighted by molar-refractivity contribution is 5.90. The molecule has 0 bridgehead atoms. The van der Waals surface area contributed by atoms with Crippen LogP contribution >= 0.6 is 0 Å². The molecule has 1 atom stereocenters. The van der Waals surface area contributed by atoms with Gasteiger partial charge < -0.3 is 24.7 Å². The standard InChI is InChI=1S/C23H20N2O4/c1-26-18-10-14(11-19(27-2)22(18)28-3)20-16(12-24)23(25)29-17-9-8-13-6-4-5-7-15(13)21(17)20/h4-11,20H,25H2,1-3H3/t20-/m1/s1. The number of rotatable bonds is 4. The Kier molecular flexibility index (Phi) is 4.65. The summed E-state index contributed by atoms with van der Waals surface area (Å²) in [6.45, 7) is 0. The first-order valence-electron chi connectivity index (χ1n) is 9.02. The zero-order chi connectivity index (χ0) is 20.5. The summed E-state index contributed by atoms with van der Waals surface area (Å²) < 4.78 is 22.3. The first-order chi connectivity index (χ1) is 14.1. The van der Waals surface area contributed by atoms with Crippen LogP contribution in [0, 0.1) is 11.3 Å². The molecule has 3 aromatic rings. The van der Waals surface area contributed by atoms with Crippen LogP contribution in [-0.4, -0.2) is 21.3 Å². The number of benzene rings is 3. The van der Waals surface area contributed by atoms with Crippen LogP contribution < -0.4 is 24.7 Å². The number of fused-ring (bicyclic) bond motifs is 3. The Balaban J connectivity index is 2.05. The molecule has 0 radical (unpaired) electrons. The summed E-state index contributed by atoms with van der Waals surface area (Å²) in [5, 5.41) is 11.9. The smallest absolute Gasteiger partial charge is 0.205 e. The van der Waals surface area contributed by atoms with E-state index in [-0.39, 0.29) is 5.88 Å². The molecule has 6 nitrogen and oxygen atoms in total. The molecule has 6 heteroatoms. The number of nitrogens with zero attached hydrogens (tertiary/aromatic N) is 1. The summed E-state index contributed by atoms with van der Waals surface area (Å²) in [6.07, 6.45) is 0. The quantitative estimate of drug-likeness (QED) is 0.725. The third-order valence-corrected chi connectivity index (χ3v) is 5.13. The average Bonchev–Trinajstić information content (AvgIpc) is 2.76. The molecule has 0 fully saturated rings. The highest BCUT2D eigenvalue weighted by Crippen LogP contribution is 2.49. The van der Waals surface area contributed by atoms with E-state index < -0.39 is 5.92 Å². The molecule has 0 unspecified atom stereocenters. The Labute approximate surface area is 168 Å². The number of nitrogens with two attached hydrogens (primary N) is 1. The largest absolute Gasteiger partial charge is 0.493 e. The predicted molar refractivity (Wildman–Crippen MR) is 109 cm³/mol. The second-order valence-corrected chi connectivity index (χ2v) is 6.58. The van der Waals surface area contributed by atoms with Gasteiger partial charge in [0.1, 0.15) is 17.4 Å². The van der Waals surface area contributed by atoms with Gasteiger partial charge in [0.15, 0.2) is 11.5 Å². The maximum Gasteiger partial charge on any atom is 0.205 e. The zero-order valence-electron chi connectivity index (χ0n) is 16.4. The second kappa shape index (κ2) is 7.28. The van der Waals surface area contributed by atoms with Gasteiger partial charge in [-0.2, -0.15) is 5.26 Å². The summed E-state index contributed by atoms with van der Waals surface area (Å²) in [5.74, 6) is 1.77. The van der Waals surface area contributed by atoms with E-state index in [9.17, 15) is 5.26 Å². The van der Waals surface area contributed by atoms with Gasteiger partial charge in [0.05, 0.1) is 27.2 Å². The van der Waals surface area contributed by atoms with Crippen molar-refractivity contribution < 1.29 is 18.9 Å². The highest BCUT2D eigenvalue weighted by atomic mass is 16.5. The van der Waals surface area contributed by atoms with Crippen LogP contribution in [0.3, 0.4) is 0 Å². The van der Waals surface area contributed by atoms with Crippen molar-refractivity contribution in [3.05, 3.63) is 71.1 Å². The third kappa shape index (κ3) is 2.88. The van der Waals surface area contributed by atoms with E-state index in [1.54, 1.807) is 21.3 Å². The topological polar surface area (TPSA) is 86.7 Å². The molecule has 3 aromatic carbocycles. The third-order valence-electron chi connectivity index (χ3n) is 5.13. The number of methoxy groups -OCH3 is 3. The number of ether oxygens (including phenoxy) is 4. The molecular formula is C23H20N2O4. The van der Waals surface area contributed by atoms with E-state index in [1.165, 1.54) is 0 Å². The van der Waals surface area contributed by atoms with E-state index in [0.717, 1.165) is 21.9 Å². The molecule has 0 spiro atoms. The summed E-state index contributed by atoms with van der Waals surface area (Å²) in [5.41, 5.74) is 8.13. The Morgan fingerprint density at radius 2 is 1.66 bits per heavy atom. The molecule has 0 saturated carbocycles. The summed E-state index contributed by atoms with van der Waals surface area (Å²) >= 11 is 0. The maximum atomic E-state index is 9.89. The maximum absolute atomic E-state index is 9.89. The Hall–Kier alpha value is -3.85. The van der Waals surface area contributed by atoms with Gasteiger partial charge in [-0.3, -0.25) is 0 Å². The van der Waals surface area contributed by atoms with Gasteiger partial charge in [-0.25, -0.2) is 0 Å². The Morgan fingerprint density at radius 1 is 0.966 bits per heavy atom. The molecular weight excluding hydrogens is 368 g/mol. The van der Waals surface area contributed by atoms with Gasteiger partial charge in [-0.05, 0) is 34.5 Å². The fourth-order valence-corrected chi connectivity index (χ4v) is 3.84. The number of nitriles is 1. The fourth-order valence-electron chi connectivity index (χ4n) is 3.84. The minimum absolute atomic E-state index is 0.0917. The highest BCUT2D eigenvalue weighted by Gasteiger charge is 2.33. The molecule has 0 aliphatic carbocycles. The van der Waals surface area contributed by atoms with Crippen molar-refractivity contribution in [2.45, 2.75) is 5.92 Å². The molecule has 29 heavy (non-hydrogen) atoms. The molecule has 1 aliphatic heterocycles. The van der Waals surface area contributed by atoms with E-state index in [4.69, 9.17) is 24.7 Å². The molecule has 0 amide bonds. The fraction of sp³-hybridized carbons (Fsp3) is 0.174. The van der Waals surface area contributed by atoms with Crippen LogP contribution in [0.2, 0.25) is 0 Å². The van der Waals surface area contributed by atoms with Crippen molar-refractivity contribution in [3.63, 3.8) is 0 Å².